The van der Waals surface area contributed by atoms with Gasteiger partial charge in [0.1, 0.15) is 11.9 Å². The van der Waals surface area contributed by atoms with Gasteiger partial charge in [0, 0.05) is 31.8 Å². The van der Waals surface area contributed by atoms with Gasteiger partial charge < -0.3 is 15.0 Å². The van der Waals surface area contributed by atoms with Gasteiger partial charge in [0.05, 0.1) is 27.9 Å². The fourth-order valence-corrected chi connectivity index (χ4v) is 4.46. The maximum absolute atomic E-state index is 14.7. The van der Waals surface area contributed by atoms with Crippen LogP contribution in [0.2, 0.25) is 0 Å². The molecule has 2 atom stereocenters. The number of nitrogens with one attached hydrogen (secondary N) is 1. The number of fused-ring (bicyclic) bond motifs is 1. The minimum Gasteiger partial charge on any atom is -0.459 e. The summed E-state index contributed by atoms with van der Waals surface area (Å²) in [5.74, 6) is -1.05. The highest BCUT2D eigenvalue weighted by Crippen LogP contribution is 2.40. The molecule has 1 aliphatic rings. The number of carbonyl (C=O) groups is 2. The summed E-state index contributed by atoms with van der Waals surface area (Å²) >= 11 is 0.786. The predicted molar refractivity (Wildman–Crippen MR) is 109 cm³/mol. The highest BCUT2D eigenvalue weighted by molar-refractivity contribution is 7.17. The Kier molecular flexibility index (Phi) is 6.73. The van der Waals surface area contributed by atoms with E-state index < -0.39 is 35.9 Å². The smallest absolute Gasteiger partial charge is 0.417 e. The van der Waals surface area contributed by atoms with Crippen molar-refractivity contribution in [3.05, 3.63) is 22.6 Å². The molecule has 2 aromatic heterocycles. The first-order valence-electron chi connectivity index (χ1n) is 9.81. The molecule has 31 heavy (non-hydrogen) atoms. The number of rotatable bonds is 5. The van der Waals surface area contributed by atoms with Crippen LogP contribution in [0, 0.1) is 5.92 Å². The van der Waals surface area contributed by atoms with Crippen molar-refractivity contribution >= 4 is 39.2 Å². The second-order valence-corrected chi connectivity index (χ2v) is 8.69. The van der Waals surface area contributed by atoms with Gasteiger partial charge in [0.2, 0.25) is 0 Å². The molecule has 3 heterocycles. The van der Waals surface area contributed by atoms with Crippen molar-refractivity contribution in [3.8, 4) is 0 Å². The van der Waals surface area contributed by atoms with Crippen LogP contribution in [0.5, 0.6) is 0 Å². The summed E-state index contributed by atoms with van der Waals surface area (Å²) in [7, 11) is 1.37. The van der Waals surface area contributed by atoms with E-state index in [1.165, 1.54) is 17.3 Å². The molecule has 2 aromatic rings. The van der Waals surface area contributed by atoms with Crippen molar-refractivity contribution in [3.63, 3.8) is 0 Å². The summed E-state index contributed by atoms with van der Waals surface area (Å²) in [5, 5.41) is 3.71. The molecule has 11 heteroatoms. The maximum Gasteiger partial charge on any atom is 0.417 e. The Balaban J connectivity index is 1.89. The van der Waals surface area contributed by atoms with E-state index in [4.69, 9.17) is 4.74 Å². The molecule has 0 aliphatic carbocycles. The van der Waals surface area contributed by atoms with Crippen LogP contribution in [0.3, 0.4) is 0 Å². The van der Waals surface area contributed by atoms with E-state index in [1.54, 1.807) is 0 Å². The van der Waals surface area contributed by atoms with Gasteiger partial charge in [-0.2, -0.15) is 13.2 Å². The van der Waals surface area contributed by atoms with Gasteiger partial charge in [-0.05, 0) is 12.0 Å². The lowest BCUT2D eigenvalue weighted by molar-refractivity contribution is -0.154. The van der Waals surface area contributed by atoms with E-state index in [-0.39, 0.29) is 53.4 Å². The average molecular weight is 461 g/mol. The molecule has 0 spiro atoms. The number of hydrogen-bond donors (Lipinski definition) is 1. The summed E-state index contributed by atoms with van der Waals surface area (Å²) < 4.78 is 60.8. The zero-order valence-corrected chi connectivity index (χ0v) is 18.1. The van der Waals surface area contributed by atoms with E-state index in [2.05, 4.69) is 10.3 Å². The molecule has 0 aromatic carbocycles. The lowest BCUT2D eigenvalue weighted by atomic mass is 10.0. The van der Waals surface area contributed by atoms with Crippen LogP contribution in [0.25, 0.3) is 10.2 Å². The van der Waals surface area contributed by atoms with Gasteiger partial charge in [0.15, 0.2) is 6.17 Å². The van der Waals surface area contributed by atoms with E-state index in [0.717, 1.165) is 17.4 Å². The number of ether oxygens (including phenoxy) is 1. The summed E-state index contributed by atoms with van der Waals surface area (Å²) in [6.45, 7) is 3.58. The minimum absolute atomic E-state index is 0.0316. The number of piperidine rings is 1. The first kappa shape index (κ1) is 23.2. The zero-order valence-electron chi connectivity index (χ0n) is 17.3. The molecule has 0 unspecified atom stereocenters. The number of pyridine rings is 1. The molecule has 1 N–H and O–H groups in total. The maximum atomic E-state index is 14.7. The quantitative estimate of drug-likeness (QED) is 0.534. The monoisotopic (exact) mass is 461 g/mol. The van der Waals surface area contributed by atoms with Gasteiger partial charge >= 0.3 is 12.1 Å². The Morgan fingerprint density at radius 1 is 1.39 bits per heavy atom. The van der Waals surface area contributed by atoms with Crippen molar-refractivity contribution in [2.45, 2.75) is 45.1 Å². The Hall–Kier alpha value is -2.43. The normalized spacial score (nSPS) is 19.7. The Bertz CT molecular complexity index is 976. The van der Waals surface area contributed by atoms with E-state index in [9.17, 15) is 27.2 Å². The number of hydrogen-bond acceptors (Lipinski definition) is 6. The fraction of sp³-hybridized carbons (Fsp3) is 0.550. The Morgan fingerprint density at radius 3 is 2.68 bits per heavy atom. The number of thiophene rings is 1. The van der Waals surface area contributed by atoms with Crippen molar-refractivity contribution in [1.29, 1.82) is 0 Å². The second kappa shape index (κ2) is 8.97. The molecule has 1 saturated heterocycles. The topological polar surface area (TPSA) is 71.5 Å². The van der Waals surface area contributed by atoms with E-state index in [0.29, 0.717) is 0 Å². The summed E-state index contributed by atoms with van der Waals surface area (Å²) in [5.41, 5.74) is -0.965. The SMILES string of the molecule is CNC(=O)c1csc2c(C(F)(F)F)cc(N3CC[C@H](OC(=O)CC(C)C)[C@@H](F)C3)nc12. The van der Waals surface area contributed by atoms with Gasteiger partial charge in [-0.25, -0.2) is 9.37 Å². The van der Waals surface area contributed by atoms with Crippen LogP contribution in [0.15, 0.2) is 11.4 Å². The Labute approximate surface area is 180 Å². The second-order valence-electron chi connectivity index (χ2n) is 7.81. The van der Waals surface area contributed by atoms with Gasteiger partial charge in [-0.3, -0.25) is 9.59 Å². The van der Waals surface area contributed by atoms with Crippen LogP contribution in [0.4, 0.5) is 23.4 Å². The van der Waals surface area contributed by atoms with E-state index >= 15 is 0 Å². The van der Waals surface area contributed by atoms with Gasteiger partial charge in [0.25, 0.3) is 5.91 Å². The number of amides is 1. The summed E-state index contributed by atoms with van der Waals surface area (Å²) in [4.78, 5) is 29.6. The molecule has 0 radical (unpaired) electrons. The molecule has 3 rings (SSSR count). The van der Waals surface area contributed by atoms with Crippen LogP contribution in [-0.2, 0) is 15.7 Å². The van der Waals surface area contributed by atoms with Gasteiger partial charge in [-0.1, -0.05) is 13.8 Å². The molecule has 1 fully saturated rings. The van der Waals surface area contributed by atoms with E-state index in [1.807, 2.05) is 13.8 Å². The van der Waals surface area contributed by atoms with Crippen LogP contribution >= 0.6 is 11.3 Å². The number of esters is 1. The number of carbonyl (C=O) groups excluding carboxylic acids is 2. The third-order valence-electron chi connectivity index (χ3n) is 4.95. The third-order valence-corrected chi connectivity index (χ3v) is 5.95. The average Bonchev–Trinajstić information content (AvgIpc) is 3.10. The molecule has 0 bridgehead atoms. The molecule has 6 nitrogen and oxygen atoms in total. The molecular formula is C20H23F4N3O3S. The van der Waals surface area contributed by atoms with Crippen LogP contribution in [0.1, 0.15) is 42.6 Å². The summed E-state index contributed by atoms with van der Waals surface area (Å²) in [6.07, 6.45) is -6.90. The minimum atomic E-state index is -4.67. The highest BCUT2D eigenvalue weighted by Gasteiger charge is 2.37. The Morgan fingerprint density at radius 2 is 2.10 bits per heavy atom. The number of anilines is 1. The lowest BCUT2D eigenvalue weighted by Crippen LogP contribution is -2.47. The standard InChI is InChI=1S/C20H23F4N3O3S/c1-10(2)6-16(28)30-14-4-5-27(8-13(14)21)15-7-12(20(22,23)24)18-17(26-15)11(9-31-18)19(29)25-3/h7,9-10,13-14H,4-6,8H2,1-3H3,(H,25,29)/t13-,14-/m0/s1. The first-order chi connectivity index (χ1) is 14.5. The molecule has 0 saturated carbocycles. The van der Waals surface area contributed by atoms with Crippen molar-refractivity contribution < 1.29 is 31.9 Å². The van der Waals surface area contributed by atoms with Gasteiger partial charge in [-0.15, -0.1) is 11.3 Å². The molecular weight excluding hydrogens is 438 g/mol. The lowest BCUT2D eigenvalue weighted by Gasteiger charge is -2.35. The zero-order chi connectivity index (χ0) is 22.9. The summed E-state index contributed by atoms with van der Waals surface area (Å²) in [6, 6.07) is 0.879. The van der Waals surface area contributed by atoms with Crippen molar-refractivity contribution in [2.75, 3.05) is 25.0 Å². The first-order valence-corrected chi connectivity index (χ1v) is 10.7. The van der Waals surface area contributed by atoms with Crippen molar-refractivity contribution in [2.24, 2.45) is 5.92 Å². The molecule has 1 aliphatic heterocycles. The third kappa shape index (κ3) is 5.08. The molecule has 170 valence electrons. The number of halogens is 4. The van der Waals surface area contributed by atoms with Crippen LogP contribution in [-0.4, -0.2) is 49.3 Å². The number of alkyl halides is 4. The number of nitrogens with zero attached hydrogens (tertiary/aromatic N) is 2. The highest BCUT2D eigenvalue weighted by atomic mass is 32.1. The van der Waals surface area contributed by atoms with Crippen LogP contribution < -0.4 is 10.2 Å². The number of aromatic nitrogens is 1. The van der Waals surface area contributed by atoms with Crippen molar-refractivity contribution in [1.82, 2.24) is 10.3 Å². The molecule has 1 amide bonds. The largest absolute Gasteiger partial charge is 0.459 e. The predicted octanol–water partition coefficient (Wildman–Crippen LogP) is 4.18. The fourth-order valence-electron chi connectivity index (χ4n) is 3.44.